The van der Waals surface area contributed by atoms with Gasteiger partial charge < -0.3 is 9.32 Å². The van der Waals surface area contributed by atoms with Gasteiger partial charge in [0.2, 0.25) is 5.91 Å². The molecule has 2 heterocycles. The smallest absolute Gasteiger partial charge is 0.223 e. The van der Waals surface area contributed by atoms with Crippen molar-refractivity contribution in [2.45, 2.75) is 25.8 Å². The van der Waals surface area contributed by atoms with Crippen LogP contribution in [0.1, 0.15) is 23.3 Å². The van der Waals surface area contributed by atoms with Gasteiger partial charge in [-0.2, -0.15) is 0 Å². The average molecular weight is 334 g/mol. The quantitative estimate of drug-likeness (QED) is 0.628. The molecule has 0 saturated heterocycles. The van der Waals surface area contributed by atoms with Crippen LogP contribution in [-0.2, 0) is 24.2 Å². The fourth-order valence-electron chi connectivity index (χ4n) is 2.75. The first-order chi connectivity index (χ1) is 12.3. The Balaban J connectivity index is 1.63. The molecule has 128 valence electrons. The summed E-state index contributed by atoms with van der Waals surface area (Å²) in [6.07, 6.45) is 7.09. The van der Waals surface area contributed by atoms with Gasteiger partial charge in [0.15, 0.2) is 0 Å². The van der Waals surface area contributed by atoms with Crippen LogP contribution >= 0.6 is 0 Å². The van der Waals surface area contributed by atoms with E-state index in [0.717, 1.165) is 17.7 Å². The minimum Gasteiger partial charge on any atom is -0.469 e. The number of hydrogen-bond acceptors (Lipinski definition) is 3. The van der Waals surface area contributed by atoms with Gasteiger partial charge in [0, 0.05) is 38.3 Å². The minimum absolute atomic E-state index is 0.143. The Bertz CT molecular complexity index is 755. The first-order valence-corrected chi connectivity index (χ1v) is 8.54. The van der Waals surface area contributed by atoms with Crippen LogP contribution in [0.25, 0.3) is 0 Å². The number of carbonyl (C=O) groups excluding carboxylic acids is 1. The van der Waals surface area contributed by atoms with Crippen molar-refractivity contribution in [3.8, 4) is 0 Å². The predicted molar refractivity (Wildman–Crippen MR) is 96.8 cm³/mol. The van der Waals surface area contributed by atoms with Crippen molar-refractivity contribution in [2.24, 2.45) is 0 Å². The Kier molecular flexibility index (Phi) is 5.99. The number of furan rings is 1. The van der Waals surface area contributed by atoms with Gasteiger partial charge in [0.1, 0.15) is 5.76 Å². The monoisotopic (exact) mass is 334 g/mol. The number of nitrogens with zero attached hydrogens (tertiary/aromatic N) is 2. The number of pyridine rings is 1. The van der Waals surface area contributed by atoms with Crippen molar-refractivity contribution in [1.29, 1.82) is 0 Å². The largest absolute Gasteiger partial charge is 0.469 e. The average Bonchev–Trinajstić information content (AvgIpc) is 3.18. The highest BCUT2D eigenvalue weighted by Gasteiger charge is 2.15. The summed E-state index contributed by atoms with van der Waals surface area (Å²) in [5.74, 6) is 0.990. The van der Waals surface area contributed by atoms with Gasteiger partial charge in [-0.1, -0.05) is 30.3 Å². The zero-order valence-electron chi connectivity index (χ0n) is 14.2. The van der Waals surface area contributed by atoms with Gasteiger partial charge in [-0.25, -0.2) is 0 Å². The Morgan fingerprint density at radius 2 is 1.72 bits per heavy atom. The van der Waals surface area contributed by atoms with Gasteiger partial charge in [-0.05, 0) is 41.8 Å². The molecule has 1 amide bonds. The second-order valence-electron chi connectivity index (χ2n) is 5.99. The van der Waals surface area contributed by atoms with Crippen LogP contribution < -0.4 is 0 Å². The fourth-order valence-corrected chi connectivity index (χ4v) is 2.75. The van der Waals surface area contributed by atoms with Crippen molar-refractivity contribution >= 4 is 5.91 Å². The summed E-state index contributed by atoms with van der Waals surface area (Å²) in [6.45, 7) is 1.30. The van der Waals surface area contributed by atoms with E-state index in [1.807, 2.05) is 47.4 Å². The van der Waals surface area contributed by atoms with E-state index in [-0.39, 0.29) is 5.91 Å². The molecule has 0 aliphatic rings. The molecular weight excluding hydrogens is 312 g/mol. The summed E-state index contributed by atoms with van der Waals surface area (Å²) in [7, 11) is 0. The molecule has 0 aliphatic carbocycles. The lowest BCUT2D eigenvalue weighted by Gasteiger charge is -2.23. The number of amides is 1. The lowest BCUT2D eigenvalue weighted by Crippen LogP contribution is -2.32. The number of aromatic nitrogens is 1. The summed E-state index contributed by atoms with van der Waals surface area (Å²) in [4.78, 5) is 18.7. The number of hydrogen-bond donors (Lipinski definition) is 0. The SMILES string of the molecule is O=C(CCc1ccco1)N(CCc1ccccc1)Cc1ccncc1. The summed E-state index contributed by atoms with van der Waals surface area (Å²) in [5, 5.41) is 0. The number of carbonyl (C=O) groups is 1. The topological polar surface area (TPSA) is 46.3 Å². The molecule has 1 aromatic carbocycles. The van der Waals surface area contributed by atoms with Crippen molar-refractivity contribution in [3.05, 3.63) is 90.1 Å². The van der Waals surface area contributed by atoms with Gasteiger partial charge in [0.25, 0.3) is 0 Å². The Hall–Kier alpha value is -2.88. The molecule has 4 heteroatoms. The third-order valence-electron chi connectivity index (χ3n) is 4.15. The molecule has 0 fully saturated rings. The molecule has 0 spiro atoms. The molecule has 0 unspecified atom stereocenters. The van der Waals surface area contributed by atoms with Gasteiger partial charge >= 0.3 is 0 Å². The Morgan fingerprint density at radius 1 is 0.920 bits per heavy atom. The van der Waals surface area contributed by atoms with Crippen LogP contribution in [0.2, 0.25) is 0 Å². The van der Waals surface area contributed by atoms with Crippen molar-refractivity contribution in [1.82, 2.24) is 9.88 Å². The van der Waals surface area contributed by atoms with Gasteiger partial charge in [-0.3, -0.25) is 9.78 Å². The van der Waals surface area contributed by atoms with Crippen LogP contribution in [0.3, 0.4) is 0 Å². The van der Waals surface area contributed by atoms with Gasteiger partial charge in [-0.15, -0.1) is 0 Å². The molecule has 25 heavy (non-hydrogen) atoms. The minimum atomic E-state index is 0.143. The lowest BCUT2D eigenvalue weighted by molar-refractivity contribution is -0.131. The van der Waals surface area contributed by atoms with E-state index in [2.05, 4.69) is 17.1 Å². The van der Waals surface area contributed by atoms with E-state index in [9.17, 15) is 4.79 Å². The molecule has 3 aromatic rings. The second-order valence-corrected chi connectivity index (χ2v) is 5.99. The number of benzene rings is 1. The molecule has 0 aliphatic heterocycles. The second kappa shape index (κ2) is 8.83. The van der Waals surface area contributed by atoms with Crippen LogP contribution in [0.15, 0.2) is 77.7 Å². The van der Waals surface area contributed by atoms with Crippen LogP contribution in [-0.4, -0.2) is 22.3 Å². The van der Waals surface area contributed by atoms with E-state index in [0.29, 0.717) is 25.9 Å². The van der Waals surface area contributed by atoms with E-state index in [4.69, 9.17) is 4.42 Å². The van der Waals surface area contributed by atoms with Gasteiger partial charge in [0.05, 0.1) is 6.26 Å². The summed E-state index contributed by atoms with van der Waals surface area (Å²) in [5.41, 5.74) is 2.33. The Labute approximate surface area is 148 Å². The van der Waals surface area contributed by atoms with Crippen LogP contribution in [0.5, 0.6) is 0 Å². The maximum Gasteiger partial charge on any atom is 0.223 e. The Morgan fingerprint density at radius 3 is 2.44 bits per heavy atom. The van der Waals surface area contributed by atoms with Crippen molar-refractivity contribution in [2.75, 3.05) is 6.54 Å². The highest BCUT2D eigenvalue weighted by Crippen LogP contribution is 2.11. The number of rotatable bonds is 8. The normalized spacial score (nSPS) is 10.6. The molecule has 3 rings (SSSR count). The molecule has 0 atom stereocenters. The molecular formula is C21H22N2O2. The summed E-state index contributed by atoms with van der Waals surface area (Å²) < 4.78 is 5.33. The summed E-state index contributed by atoms with van der Waals surface area (Å²) >= 11 is 0. The summed E-state index contributed by atoms with van der Waals surface area (Å²) in [6, 6.07) is 17.9. The molecule has 4 nitrogen and oxygen atoms in total. The zero-order chi connectivity index (χ0) is 17.3. The highest BCUT2D eigenvalue weighted by molar-refractivity contribution is 5.76. The van der Waals surface area contributed by atoms with Crippen molar-refractivity contribution in [3.63, 3.8) is 0 Å². The van der Waals surface area contributed by atoms with E-state index < -0.39 is 0 Å². The number of aryl methyl sites for hydroxylation is 1. The third kappa shape index (κ3) is 5.31. The molecule has 0 radical (unpaired) electrons. The lowest BCUT2D eigenvalue weighted by atomic mass is 10.1. The molecule has 0 saturated carbocycles. The van der Waals surface area contributed by atoms with E-state index in [1.165, 1.54) is 5.56 Å². The predicted octanol–water partition coefficient (Wildman–Crippen LogP) is 3.88. The standard InChI is InChI=1S/C21H22N2O2/c24-21(9-8-20-7-4-16-25-20)23(17-19-10-13-22-14-11-19)15-12-18-5-2-1-3-6-18/h1-7,10-11,13-14,16H,8-9,12,15,17H2. The molecule has 0 bridgehead atoms. The van der Waals surface area contributed by atoms with E-state index >= 15 is 0 Å². The first-order valence-electron chi connectivity index (χ1n) is 8.54. The molecule has 0 N–H and O–H groups in total. The van der Waals surface area contributed by atoms with E-state index in [1.54, 1.807) is 18.7 Å². The fraction of sp³-hybridized carbons (Fsp3) is 0.238. The maximum atomic E-state index is 12.7. The highest BCUT2D eigenvalue weighted by atomic mass is 16.3. The zero-order valence-corrected chi connectivity index (χ0v) is 14.2. The molecule has 2 aromatic heterocycles. The maximum absolute atomic E-state index is 12.7. The van der Waals surface area contributed by atoms with Crippen molar-refractivity contribution < 1.29 is 9.21 Å². The van der Waals surface area contributed by atoms with Crippen LogP contribution in [0.4, 0.5) is 0 Å². The third-order valence-corrected chi connectivity index (χ3v) is 4.15. The van der Waals surface area contributed by atoms with Crippen LogP contribution in [0, 0.1) is 0 Å². The first kappa shape index (κ1) is 17.0.